The Morgan fingerprint density at radius 1 is 0.880 bits per heavy atom. The van der Waals surface area contributed by atoms with Crippen LogP contribution in [-0.4, -0.2) is 18.4 Å². The lowest BCUT2D eigenvalue weighted by Gasteiger charge is -2.23. The van der Waals surface area contributed by atoms with E-state index in [0.29, 0.717) is 12.1 Å². The average molecular weight is 361 g/mol. The van der Waals surface area contributed by atoms with E-state index in [0.717, 1.165) is 12.1 Å². The number of hydrogen-bond donors (Lipinski definition) is 0. The quantitative estimate of drug-likeness (QED) is 0.401. The molecule has 0 aromatic heterocycles. The number of halogens is 6. The molecule has 0 unspecified atom stereocenters. The van der Waals surface area contributed by atoms with Crippen molar-refractivity contribution in [1.82, 2.24) is 0 Å². The van der Waals surface area contributed by atoms with Crippen LogP contribution >= 0.6 is 0 Å². The standard InChI is InChI=1S/C16H9F6NO2/c17-15(18,19)14(16(20,21)22)10-5-7-11(8-6-10)25-13-4-2-1-3-12(13)23-9-24/h1-8,14H. The maximum Gasteiger partial charge on any atom is 0.404 e. The van der Waals surface area contributed by atoms with Crippen molar-refractivity contribution in [2.45, 2.75) is 18.3 Å². The van der Waals surface area contributed by atoms with Crippen molar-refractivity contribution in [2.24, 2.45) is 4.99 Å². The number of benzene rings is 2. The van der Waals surface area contributed by atoms with E-state index < -0.39 is 23.8 Å². The SMILES string of the molecule is O=C=Nc1ccccc1Oc1ccc(C(C(F)(F)F)C(F)(F)F)cc1. The summed E-state index contributed by atoms with van der Waals surface area (Å²) in [7, 11) is 0. The molecule has 9 heteroatoms. The fraction of sp³-hybridized carbons (Fsp3) is 0.188. The minimum absolute atomic E-state index is 0.0135. The predicted molar refractivity (Wildman–Crippen MR) is 75.6 cm³/mol. The lowest BCUT2D eigenvalue weighted by molar-refractivity contribution is -0.253. The Morgan fingerprint density at radius 3 is 1.96 bits per heavy atom. The third kappa shape index (κ3) is 4.60. The molecule has 0 bridgehead atoms. The maximum atomic E-state index is 12.7. The minimum atomic E-state index is -5.47. The molecule has 3 nitrogen and oxygen atoms in total. The van der Waals surface area contributed by atoms with Crippen LogP contribution in [0.15, 0.2) is 53.5 Å². The number of rotatable bonds is 4. The summed E-state index contributed by atoms with van der Waals surface area (Å²) in [6.45, 7) is 0. The van der Waals surface area contributed by atoms with Crippen LogP contribution in [0.25, 0.3) is 0 Å². The van der Waals surface area contributed by atoms with Gasteiger partial charge in [0.25, 0.3) is 0 Å². The van der Waals surface area contributed by atoms with Gasteiger partial charge >= 0.3 is 12.4 Å². The maximum absolute atomic E-state index is 12.7. The fourth-order valence-electron chi connectivity index (χ4n) is 2.10. The summed E-state index contributed by atoms with van der Waals surface area (Å²) < 4.78 is 81.5. The van der Waals surface area contributed by atoms with Crippen molar-refractivity contribution in [2.75, 3.05) is 0 Å². The predicted octanol–water partition coefficient (Wildman–Crippen LogP) is 5.65. The molecule has 0 aliphatic rings. The van der Waals surface area contributed by atoms with Gasteiger partial charge in [-0.05, 0) is 29.8 Å². The van der Waals surface area contributed by atoms with Gasteiger partial charge in [0.1, 0.15) is 11.4 Å². The van der Waals surface area contributed by atoms with Crippen molar-refractivity contribution in [3.05, 3.63) is 54.1 Å². The van der Waals surface area contributed by atoms with Gasteiger partial charge < -0.3 is 4.74 Å². The molecular formula is C16H9F6NO2. The molecule has 0 N–H and O–H groups in total. The molecule has 0 saturated heterocycles. The average Bonchev–Trinajstić information content (AvgIpc) is 2.48. The normalized spacial score (nSPS) is 12.0. The van der Waals surface area contributed by atoms with Gasteiger partial charge in [-0.15, -0.1) is 0 Å². The van der Waals surface area contributed by atoms with Crippen LogP contribution in [-0.2, 0) is 4.79 Å². The van der Waals surface area contributed by atoms with Crippen molar-refractivity contribution in [1.29, 1.82) is 0 Å². The summed E-state index contributed by atoms with van der Waals surface area (Å²) in [5, 5.41) is 0. The van der Waals surface area contributed by atoms with E-state index in [1.165, 1.54) is 18.2 Å². The van der Waals surface area contributed by atoms with Gasteiger partial charge in [-0.1, -0.05) is 24.3 Å². The minimum Gasteiger partial charge on any atom is -0.455 e. The van der Waals surface area contributed by atoms with Crippen LogP contribution in [0.5, 0.6) is 11.5 Å². The molecule has 0 aliphatic heterocycles. The molecule has 0 fully saturated rings. The molecule has 0 atom stereocenters. The highest BCUT2D eigenvalue weighted by Crippen LogP contribution is 2.46. The smallest absolute Gasteiger partial charge is 0.404 e. The largest absolute Gasteiger partial charge is 0.455 e. The third-order valence-corrected chi connectivity index (χ3v) is 3.13. The van der Waals surface area contributed by atoms with Crippen molar-refractivity contribution in [3.8, 4) is 11.5 Å². The summed E-state index contributed by atoms with van der Waals surface area (Å²) in [6.07, 6.45) is -9.62. The van der Waals surface area contributed by atoms with E-state index in [2.05, 4.69) is 4.99 Å². The number of alkyl halides is 6. The fourth-order valence-corrected chi connectivity index (χ4v) is 2.10. The number of para-hydroxylation sites is 2. The molecule has 2 aromatic rings. The monoisotopic (exact) mass is 361 g/mol. The number of carbonyl (C=O) groups excluding carboxylic acids is 1. The van der Waals surface area contributed by atoms with Crippen molar-refractivity contribution in [3.63, 3.8) is 0 Å². The van der Waals surface area contributed by atoms with E-state index in [4.69, 9.17) is 4.74 Å². The molecule has 132 valence electrons. The zero-order chi connectivity index (χ0) is 18.7. The molecule has 0 spiro atoms. The Bertz CT molecular complexity index is 762. The first-order chi connectivity index (χ1) is 11.6. The van der Waals surface area contributed by atoms with Crippen molar-refractivity contribution < 1.29 is 35.9 Å². The molecule has 0 amide bonds. The zero-order valence-electron chi connectivity index (χ0n) is 12.2. The highest BCUT2D eigenvalue weighted by molar-refractivity contribution is 5.58. The van der Waals surface area contributed by atoms with Crippen LogP contribution < -0.4 is 4.74 Å². The van der Waals surface area contributed by atoms with Gasteiger partial charge in [0.05, 0.1) is 0 Å². The van der Waals surface area contributed by atoms with E-state index in [9.17, 15) is 31.1 Å². The van der Waals surface area contributed by atoms with Crippen molar-refractivity contribution >= 4 is 11.8 Å². The van der Waals surface area contributed by atoms with Crippen LogP contribution in [0, 0.1) is 0 Å². The second kappa shape index (κ2) is 6.98. The molecule has 2 aromatic carbocycles. The van der Waals surface area contributed by atoms with Crippen LogP contribution in [0.1, 0.15) is 11.5 Å². The first-order valence-electron chi connectivity index (χ1n) is 6.71. The van der Waals surface area contributed by atoms with E-state index in [-0.39, 0.29) is 17.2 Å². The Morgan fingerprint density at radius 2 is 1.44 bits per heavy atom. The van der Waals surface area contributed by atoms with E-state index in [1.54, 1.807) is 12.1 Å². The first kappa shape index (κ1) is 18.5. The molecular weight excluding hydrogens is 352 g/mol. The summed E-state index contributed by atoms with van der Waals surface area (Å²) in [5.74, 6) is -3.50. The van der Waals surface area contributed by atoms with Gasteiger partial charge in [0, 0.05) is 0 Å². The Hall–Kier alpha value is -2.80. The third-order valence-electron chi connectivity index (χ3n) is 3.13. The number of aliphatic imine (C=N–C) groups is 1. The molecule has 25 heavy (non-hydrogen) atoms. The van der Waals surface area contributed by atoms with E-state index >= 15 is 0 Å². The van der Waals surface area contributed by atoms with Crippen LogP contribution in [0.2, 0.25) is 0 Å². The lowest BCUT2D eigenvalue weighted by Crippen LogP contribution is -2.34. The van der Waals surface area contributed by atoms with Gasteiger partial charge in [-0.2, -0.15) is 31.3 Å². The summed E-state index contributed by atoms with van der Waals surface area (Å²) >= 11 is 0. The van der Waals surface area contributed by atoms with E-state index in [1.807, 2.05) is 0 Å². The highest BCUT2D eigenvalue weighted by Gasteiger charge is 2.57. The van der Waals surface area contributed by atoms with Gasteiger partial charge in [-0.25, -0.2) is 4.79 Å². The Kier molecular flexibility index (Phi) is 5.18. The Labute approximate surface area is 137 Å². The number of hydrogen-bond acceptors (Lipinski definition) is 3. The van der Waals surface area contributed by atoms with Gasteiger partial charge in [0.2, 0.25) is 6.08 Å². The zero-order valence-corrected chi connectivity index (χ0v) is 12.2. The molecule has 0 heterocycles. The summed E-state index contributed by atoms with van der Waals surface area (Å²) in [5.41, 5.74) is -0.836. The number of ether oxygens (including phenoxy) is 1. The highest BCUT2D eigenvalue weighted by atomic mass is 19.4. The number of nitrogens with zero attached hydrogens (tertiary/aromatic N) is 1. The van der Waals surface area contributed by atoms with Gasteiger partial charge in [0.15, 0.2) is 11.7 Å². The second-order valence-electron chi connectivity index (χ2n) is 4.86. The lowest BCUT2D eigenvalue weighted by atomic mass is 9.98. The summed E-state index contributed by atoms with van der Waals surface area (Å²) in [4.78, 5) is 13.7. The molecule has 0 aliphatic carbocycles. The molecule has 2 rings (SSSR count). The molecule has 0 radical (unpaired) electrons. The second-order valence-corrected chi connectivity index (χ2v) is 4.86. The van der Waals surface area contributed by atoms with Gasteiger partial charge in [-0.3, -0.25) is 0 Å². The Balaban J connectivity index is 2.30. The summed E-state index contributed by atoms with van der Waals surface area (Å²) in [6, 6.07) is 9.29. The molecule has 0 saturated carbocycles. The van der Waals surface area contributed by atoms with Crippen LogP contribution in [0.3, 0.4) is 0 Å². The first-order valence-corrected chi connectivity index (χ1v) is 6.71. The van der Waals surface area contributed by atoms with Crippen LogP contribution in [0.4, 0.5) is 32.0 Å². The topological polar surface area (TPSA) is 38.7 Å². The number of isocyanates is 1.